The first-order chi connectivity index (χ1) is 8.60. The average molecular weight is 251 g/mol. The van der Waals surface area contributed by atoms with Crippen LogP contribution in [0, 0.1) is 0 Å². The molecule has 0 aromatic carbocycles. The second-order valence-electron chi connectivity index (χ2n) is 4.35. The SMILES string of the molecule is CCCCN(c1nccc(C(=O)O)n1)C(C)CC. The van der Waals surface area contributed by atoms with Gasteiger partial charge in [0.2, 0.25) is 5.95 Å². The standard InChI is InChI=1S/C13H21N3O2/c1-4-6-9-16(10(3)5-2)13-14-8-7-11(15-13)12(17)18/h7-8,10H,4-6,9H2,1-3H3,(H,17,18). The van der Waals surface area contributed by atoms with Crippen molar-refractivity contribution in [2.45, 2.75) is 46.1 Å². The first-order valence-corrected chi connectivity index (χ1v) is 6.43. The Labute approximate surface area is 108 Å². The van der Waals surface area contributed by atoms with E-state index in [-0.39, 0.29) is 5.69 Å². The molecule has 18 heavy (non-hydrogen) atoms. The molecule has 0 aliphatic carbocycles. The summed E-state index contributed by atoms with van der Waals surface area (Å²) in [7, 11) is 0. The maximum absolute atomic E-state index is 10.9. The van der Waals surface area contributed by atoms with Crippen molar-refractivity contribution in [3.8, 4) is 0 Å². The Morgan fingerprint density at radius 3 is 2.78 bits per heavy atom. The molecule has 1 aromatic heterocycles. The molecule has 0 saturated carbocycles. The van der Waals surface area contributed by atoms with Crippen molar-refractivity contribution < 1.29 is 9.90 Å². The van der Waals surface area contributed by atoms with Gasteiger partial charge in [-0.25, -0.2) is 14.8 Å². The lowest BCUT2D eigenvalue weighted by atomic mass is 10.2. The average Bonchev–Trinajstić information content (AvgIpc) is 2.39. The molecule has 0 aliphatic rings. The van der Waals surface area contributed by atoms with Crippen LogP contribution in [0.5, 0.6) is 0 Å². The maximum Gasteiger partial charge on any atom is 0.354 e. The van der Waals surface area contributed by atoms with E-state index in [0.717, 1.165) is 25.8 Å². The highest BCUT2D eigenvalue weighted by Gasteiger charge is 2.16. The van der Waals surface area contributed by atoms with Crippen LogP contribution < -0.4 is 4.90 Å². The highest BCUT2D eigenvalue weighted by Crippen LogP contribution is 2.14. The number of aromatic nitrogens is 2. The van der Waals surface area contributed by atoms with E-state index in [1.54, 1.807) is 0 Å². The lowest BCUT2D eigenvalue weighted by Crippen LogP contribution is -2.35. The summed E-state index contributed by atoms with van der Waals surface area (Å²) in [6, 6.07) is 1.72. The number of nitrogens with zero attached hydrogens (tertiary/aromatic N) is 3. The summed E-state index contributed by atoms with van der Waals surface area (Å²) in [6.45, 7) is 7.19. The van der Waals surface area contributed by atoms with Crippen LogP contribution in [0.1, 0.15) is 50.5 Å². The van der Waals surface area contributed by atoms with Crippen LogP contribution in [0.2, 0.25) is 0 Å². The second-order valence-corrected chi connectivity index (χ2v) is 4.35. The molecule has 1 atom stereocenters. The zero-order chi connectivity index (χ0) is 13.5. The number of hydrogen-bond acceptors (Lipinski definition) is 4. The van der Waals surface area contributed by atoms with E-state index in [0.29, 0.717) is 12.0 Å². The molecule has 5 nitrogen and oxygen atoms in total. The predicted molar refractivity (Wildman–Crippen MR) is 71.0 cm³/mol. The zero-order valence-corrected chi connectivity index (χ0v) is 11.3. The summed E-state index contributed by atoms with van der Waals surface area (Å²) in [6.07, 6.45) is 4.62. The van der Waals surface area contributed by atoms with Crippen molar-refractivity contribution in [3.63, 3.8) is 0 Å². The van der Waals surface area contributed by atoms with Gasteiger partial charge in [-0.3, -0.25) is 0 Å². The molecule has 0 amide bonds. The fraction of sp³-hybridized carbons (Fsp3) is 0.615. The first-order valence-electron chi connectivity index (χ1n) is 6.43. The minimum Gasteiger partial charge on any atom is -0.477 e. The van der Waals surface area contributed by atoms with E-state index in [2.05, 4.69) is 35.6 Å². The van der Waals surface area contributed by atoms with Crippen LogP contribution in [0.25, 0.3) is 0 Å². The summed E-state index contributed by atoms with van der Waals surface area (Å²) >= 11 is 0. The van der Waals surface area contributed by atoms with Crippen molar-refractivity contribution in [1.82, 2.24) is 9.97 Å². The quantitative estimate of drug-likeness (QED) is 0.806. The number of hydrogen-bond donors (Lipinski definition) is 1. The molecule has 0 saturated heterocycles. The summed E-state index contributed by atoms with van der Waals surface area (Å²) in [5.41, 5.74) is 0.0461. The molecule has 1 aromatic rings. The Bertz CT molecular complexity index is 396. The molecule has 5 heteroatoms. The zero-order valence-electron chi connectivity index (χ0n) is 11.3. The van der Waals surface area contributed by atoms with Crippen LogP contribution >= 0.6 is 0 Å². The van der Waals surface area contributed by atoms with E-state index in [4.69, 9.17) is 5.11 Å². The fourth-order valence-electron chi connectivity index (χ4n) is 1.67. The Hall–Kier alpha value is -1.65. The lowest BCUT2D eigenvalue weighted by Gasteiger charge is -2.28. The normalized spacial score (nSPS) is 12.2. The molecule has 1 rings (SSSR count). The topological polar surface area (TPSA) is 66.3 Å². The van der Waals surface area contributed by atoms with Gasteiger partial charge in [-0.1, -0.05) is 20.3 Å². The molecule has 0 fully saturated rings. The molecular formula is C13H21N3O2. The van der Waals surface area contributed by atoms with Gasteiger partial charge in [0.15, 0.2) is 5.69 Å². The number of carboxylic acids is 1. The van der Waals surface area contributed by atoms with Crippen molar-refractivity contribution in [1.29, 1.82) is 0 Å². The Morgan fingerprint density at radius 2 is 2.22 bits per heavy atom. The van der Waals surface area contributed by atoms with Gasteiger partial charge in [-0.2, -0.15) is 0 Å². The first kappa shape index (κ1) is 14.4. The number of carboxylic acid groups (broad SMARTS) is 1. The lowest BCUT2D eigenvalue weighted by molar-refractivity contribution is 0.0690. The van der Waals surface area contributed by atoms with Crippen molar-refractivity contribution in [2.75, 3.05) is 11.4 Å². The molecule has 0 aliphatic heterocycles. The van der Waals surface area contributed by atoms with E-state index in [1.807, 2.05) is 0 Å². The van der Waals surface area contributed by atoms with E-state index >= 15 is 0 Å². The van der Waals surface area contributed by atoms with Gasteiger partial charge in [0.05, 0.1) is 0 Å². The predicted octanol–water partition coefficient (Wildman–Crippen LogP) is 2.58. The highest BCUT2D eigenvalue weighted by molar-refractivity contribution is 5.85. The van der Waals surface area contributed by atoms with Gasteiger partial charge in [-0.05, 0) is 25.8 Å². The van der Waals surface area contributed by atoms with Gasteiger partial charge in [-0.15, -0.1) is 0 Å². The van der Waals surface area contributed by atoms with Crippen LogP contribution in [0.15, 0.2) is 12.3 Å². The number of unbranched alkanes of at least 4 members (excludes halogenated alkanes) is 1. The maximum atomic E-state index is 10.9. The summed E-state index contributed by atoms with van der Waals surface area (Å²) < 4.78 is 0. The van der Waals surface area contributed by atoms with Gasteiger partial charge in [0.1, 0.15) is 0 Å². The van der Waals surface area contributed by atoms with Crippen LogP contribution in [0.4, 0.5) is 5.95 Å². The molecule has 0 bridgehead atoms. The molecule has 1 unspecified atom stereocenters. The van der Waals surface area contributed by atoms with Gasteiger partial charge >= 0.3 is 5.97 Å². The van der Waals surface area contributed by atoms with Gasteiger partial charge < -0.3 is 10.0 Å². The van der Waals surface area contributed by atoms with E-state index in [1.165, 1.54) is 12.3 Å². The Morgan fingerprint density at radius 1 is 1.50 bits per heavy atom. The highest BCUT2D eigenvalue weighted by atomic mass is 16.4. The monoisotopic (exact) mass is 251 g/mol. The van der Waals surface area contributed by atoms with Crippen molar-refractivity contribution in [3.05, 3.63) is 18.0 Å². The van der Waals surface area contributed by atoms with Crippen molar-refractivity contribution >= 4 is 11.9 Å². The third-order valence-electron chi connectivity index (χ3n) is 2.99. The second kappa shape index (κ2) is 6.93. The minimum atomic E-state index is -1.02. The van der Waals surface area contributed by atoms with E-state index < -0.39 is 5.97 Å². The number of rotatable bonds is 7. The summed E-state index contributed by atoms with van der Waals surface area (Å²) in [5, 5.41) is 8.95. The van der Waals surface area contributed by atoms with Crippen LogP contribution in [-0.2, 0) is 0 Å². The largest absolute Gasteiger partial charge is 0.477 e. The minimum absolute atomic E-state index is 0.0461. The molecule has 1 N–H and O–H groups in total. The van der Waals surface area contributed by atoms with Crippen LogP contribution in [0.3, 0.4) is 0 Å². The third kappa shape index (κ3) is 3.68. The van der Waals surface area contributed by atoms with Crippen molar-refractivity contribution in [2.24, 2.45) is 0 Å². The third-order valence-corrected chi connectivity index (χ3v) is 2.99. The fourth-order valence-corrected chi connectivity index (χ4v) is 1.67. The number of carbonyl (C=O) groups is 1. The smallest absolute Gasteiger partial charge is 0.354 e. The van der Waals surface area contributed by atoms with Crippen LogP contribution in [-0.4, -0.2) is 33.6 Å². The summed E-state index contributed by atoms with van der Waals surface area (Å²) in [4.78, 5) is 21.3. The van der Waals surface area contributed by atoms with E-state index in [9.17, 15) is 4.79 Å². The molecule has 0 spiro atoms. The Balaban J connectivity index is 2.96. The van der Waals surface area contributed by atoms with Gasteiger partial charge in [0.25, 0.3) is 0 Å². The number of anilines is 1. The molecule has 0 radical (unpaired) electrons. The molecule has 100 valence electrons. The number of aromatic carboxylic acids is 1. The Kier molecular flexibility index (Phi) is 5.55. The van der Waals surface area contributed by atoms with Gasteiger partial charge in [0, 0.05) is 18.8 Å². The summed E-state index contributed by atoms with van der Waals surface area (Å²) in [5.74, 6) is -0.504. The molecular weight excluding hydrogens is 230 g/mol. The molecule has 1 heterocycles.